The molecule has 1 aromatic heterocycles. The molecule has 0 atom stereocenters. The lowest BCUT2D eigenvalue weighted by Gasteiger charge is -2.53. The largest absolute Gasteiger partial charge is 0.340 e. The summed E-state index contributed by atoms with van der Waals surface area (Å²) in [6, 6.07) is 2.64. The third kappa shape index (κ3) is 3.99. The summed E-state index contributed by atoms with van der Waals surface area (Å²) in [5.74, 6) is 0.747. The van der Waals surface area contributed by atoms with Crippen LogP contribution in [0.4, 0.5) is 0 Å². The second kappa shape index (κ2) is 8.53. The molecule has 2 saturated carbocycles. The Bertz CT molecular complexity index is 813. The molecule has 2 saturated heterocycles. The molecule has 0 radical (unpaired) electrons. The molecule has 0 unspecified atom stereocenters. The molecular formula is C25H36N4O2. The first-order valence-corrected chi connectivity index (χ1v) is 12.3. The zero-order valence-corrected chi connectivity index (χ0v) is 18.9. The summed E-state index contributed by atoms with van der Waals surface area (Å²) in [6.45, 7) is 7.62. The Morgan fingerprint density at radius 3 is 2.35 bits per heavy atom. The molecule has 1 aromatic rings. The third-order valence-corrected chi connectivity index (χ3v) is 8.55. The highest BCUT2D eigenvalue weighted by Crippen LogP contribution is 2.53. The summed E-state index contributed by atoms with van der Waals surface area (Å²) in [7, 11) is 0. The summed E-state index contributed by atoms with van der Waals surface area (Å²) in [5.41, 5.74) is 2.12. The van der Waals surface area contributed by atoms with Crippen molar-refractivity contribution in [2.75, 3.05) is 39.3 Å². The van der Waals surface area contributed by atoms with E-state index in [4.69, 9.17) is 0 Å². The van der Waals surface area contributed by atoms with E-state index in [1.807, 2.05) is 17.2 Å². The summed E-state index contributed by atoms with van der Waals surface area (Å²) < 4.78 is 0. The van der Waals surface area contributed by atoms with E-state index in [2.05, 4.69) is 21.7 Å². The normalized spacial score (nSPS) is 24.7. The molecule has 6 heteroatoms. The van der Waals surface area contributed by atoms with Crippen molar-refractivity contribution in [3.05, 3.63) is 29.6 Å². The molecule has 2 aliphatic heterocycles. The lowest BCUT2D eigenvalue weighted by molar-refractivity contribution is -0.148. The fourth-order valence-corrected chi connectivity index (χ4v) is 6.16. The summed E-state index contributed by atoms with van der Waals surface area (Å²) in [5, 5.41) is 0. The number of rotatable bonds is 4. The molecular weight excluding hydrogens is 388 g/mol. The fourth-order valence-electron chi connectivity index (χ4n) is 6.16. The van der Waals surface area contributed by atoms with E-state index in [1.165, 1.54) is 19.3 Å². The van der Waals surface area contributed by atoms with Crippen LogP contribution in [0.15, 0.2) is 18.5 Å². The predicted octanol–water partition coefficient (Wildman–Crippen LogP) is 2.97. The van der Waals surface area contributed by atoms with E-state index in [-0.39, 0.29) is 17.2 Å². The zero-order valence-electron chi connectivity index (χ0n) is 18.9. The minimum Gasteiger partial charge on any atom is -0.340 e. The topological polar surface area (TPSA) is 56.8 Å². The Balaban J connectivity index is 1.09. The van der Waals surface area contributed by atoms with Crippen LogP contribution in [0.5, 0.6) is 0 Å². The standard InChI is InChI=1S/C25H36N4O2/c1-2-19-18-26-9-6-22(19)24(31)28-10-7-25(8-11-28)16-20(17-25)23(30)29-14-12-27(13-15-29)21-4-3-5-21/h6,9,18,20-21H,2-5,7-8,10-17H2,1H3. The van der Waals surface area contributed by atoms with Crippen molar-refractivity contribution in [2.24, 2.45) is 11.3 Å². The van der Waals surface area contributed by atoms with Gasteiger partial charge in [0.1, 0.15) is 0 Å². The van der Waals surface area contributed by atoms with Gasteiger partial charge in [0, 0.05) is 69.2 Å². The molecule has 168 valence electrons. The van der Waals surface area contributed by atoms with Crippen LogP contribution in [0.25, 0.3) is 0 Å². The smallest absolute Gasteiger partial charge is 0.254 e. The van der Waals surface area contributed by atoms with Gasteiger partial charge in [0.05, 0.1) is 0 Å². The molecule has 4 aliphatic rings. The highest BCUT2D eigenvalue weighted by molar-refractivity contribution is 5.95. The van der Waals surface area contributed by atoms with Crippen molar-refractivity contribution in [1.29, 1.82) is 0 Å². The summed E-state index contributed by atoms with van der Waals surface area (Å²) >= 11 is 0. The first-order chi connectivity index (χ1) is 15.1. The van der Waals surface area contributed by atoms with Crippen molar-refractivity contribution in [2.45, 2.75) is 64.3 Å². The minimum atomic E-state index is 0.144. The Morgan fingerprint density at radius 2 is 1.74 bits per heavy atom. The van der Waals surface area contributed by atoms with Gasteiger partial charge in [-0.3, -0.25) is 19.5 Å². The lowest BCUT2D eigenvalue weighted by Crippen LogP contribution is -2.57. The molecule has 6 nitrogen and oxygen atoms in total. The molecule has 31 heavy (non-hydrogen) atoms. The van der Waals surface area contributed by atoms with Gasteiger partial charge in [-0.05, 0) is 62.0 Å². The Hall–Kier alpha value is -1.95. The molecule has 1 spiro atoms. The second-order valence-electron chi connectivity index (χ2n) is 10.2. The quantitative estimate of drug-likeness (QED) is 0.746. The number of amides is 2. The number of carbonyl (C=O) groups is 2. The highest BCUT2D eigenvalue weighted by Gasteiger charge is 2.50. The van der Waals surface area contributed by atoms with Crippen molar-refractivity contribution in [3.8, 4) is 0 Å². The maximum Gasteiger partial charge on any atom is 0.254 e. The number of hydrogen-bond acceptors (Lipinski definition) is 4. The number of aromatic nitrogens is 1. The zero-order chi connectivity index (χ0) is 21.4. The van der Waals surface area contributed by atoms with Crippen LogP contribution in [-0.2, 0) is 11.2 Å². The number of nitrogens with zero attached hydrogens (tertiary/aromatic N) is 4. The van der Waals surface area contributed by atoms with Crippen LogP contribution in [0.3, 0.4) is 0 Å². The molecule has 3 heterocycles. The van der Waals surface area contributed by atoms with E-state index >= 15 is 0 Å². The predicted molar refractivity (Wildman–Crippen MR) is 120 cm³/mol. The van der Waals surface area contributed by atoms with Gasteiger partial charge in [-0.2, -0.15) is 0 Å². The van der Waals surface area contributed by atoms with Gasteiger partial charge in [0.15, 0.2) is 0 Å². The fraction of sp³-hybridized carbons (Fsp3) is 0.720. The minimum absolute atomic E-state index is 0.144. The van der Waals surface area contributed by atoms with Gasteiger partial charge in [0.2, 0.25) is 5.91 Å². The Morgan fingerprint density at radius 1 is 1.03 bits per heavy atom. The van der Waals surface area contributed by atoms with Crippen LogP contribution in [-0.4, -0.2) is 76.8 Å². The molecule has 0 N–H and O–H groups in total. The van der Waals surface area contributed by atoms with Crippen LogP contribution >= 0.6 is 0 Å². The van der Waals surface area contributed by atoms with Crippen molar-refractivity contribution in [1.82, 2.24) is 19.7 Å². The number of carbonyl (C=O) groups excluding carboxylic acids is 2. The maximum atomic E-state index is 13.0. The average molecular weight is 425 g/mol. The van der Waals surface area contributed by atoms with Crippen LogP contribution in [0, 0.1) is 11.3 Å². The van der Waals surface area contributed by atoms with Gasteiger partial charge in [-0.15, -0.1) is 0 Å². The number of aryl methyl sites for hydroxylation is 1. The van der Waals surface area contributed by atoms with Gasteiger partial charge in [-0.1, -0.05) is 13.3 Å². The number of likely N-dealkylation sites (tertiary alicyclic amines) is 1. The number of hydrogen-bond donors (Lipinski definition) is 0. The number of piperidine rings is 1. The monoisotopic (exact) mass is 424 g/mol. The SMILES string of the molecule is CCc1cnccc1C(=O)N1CCC2(CC1)CC(C(=O)N1CCN(C3CCC3)CC1)C2. The second-order valence-corrected chi connectivity index (χ2v) is 10.2. The third-order valence-electron chi connectivity index (χ3n) is 8.55. The molecule has 2 aliphatic carbocycles. The molecule has 2 amide bonds. The van der Waals surface area contributed by atoms with Crippen molar-refractivity contribution in [3.63, 3.8) is 0 Å². The average Bonchev–Trinajstić information content (AvgIpc) is 2.76. The van der Waals surface area contributed by atoms with E-state index in [0.29, 0.717) is 5.91 Å². The van der Waals surface area contributed by atoms with Gasteiger partial charge >= 0.3 is 0 Å². The first kappa shape index (κ1) is 20.9. The van der Waals surface area contributed by atoms with Crippen LogP contribution < -0.4 is 0 Å². The highest BCUT2D eigenvalue weighted by atomic mass is 16.2. The van der Waals surface area contributed by atoms with E-state index in [9.17, 15) is 9.59 Å². The lowest BCUT2D eigenvalue weighted by atomic mass is 9.57. The van der Waals surface area contributed by atoms with Gasteiger partial charge < -0.3 is 9.80 Å². The van der Waals surface area contributed by atoms with Crippen LogP contribution in [0.2, 0.25) is 0 Å². The van der Waals surface area contributed by atoms with E-state index < -0.39 is 0 Å². The molecule has 4 fully saturated rings. The first-order valence-electron chi connectivity index (χ1n) is 12.3. The Kier molecular flexibility index (Phi) is 5.76. The van der Waals surface area contributed by atoms with E-state index in [1.54, 1.807) is 6.20 Å². The molecule has 5 rings (SSSR count). The van der Waals surface area contributed by atoms with Crippen LogP contribution in [0.1, 0.15) is 67.8 Å². The molecule has 0 aromatic carbocycles. The number of pyridine rings is 1. The Labute approximate surface area is 186 Å². The van der Waals surface area contributed by atoms with Crippen molar-refractivity contribution >= 4 is 11.8 Å². The van der Waals surface area contributed by atoms with Gasteiger partial charge in [-0.25, -0.2) is 0 Å². The van der Waals surface area contributed by atoms with Gasteiger partial charge in [0.25, 0.3) is 5.91 Å². The number of piperazine rings is 1. The maximum absolute atomic E-state index is 13.0. The summed E-state index contributed by atoms with van der Waals surface area (Å²) in [6.07, 6.45) is 12.5. The molecule has 0 bridgehead atoms. The summed E-state index contributed by atoms with van der Waals surface area (Å²) in [4.78, 5) is 36.9. The van der Waals surface area contributed by atoms with Crippen molar-refractivity contribution < 1.29 is 9.59 Å². The van der Waals surface area contributed by atoms with E-state index in [0.717, 1.165) is 88.5 Å².